The van der Waals surface area contributed by atoms with Gasteiger partial charge in [0.1, 0.15) is 11.4 Å². The highest BCUT2D eigenvalue weighted by atomic mass is 16.2. The number of Topliss-reactive ketones (excluding diaryl/α,β-unsaturated/α-hetero) is 1. The van der Waals surface area contributed by atoms with Crippen LogP contribution in [0.1, 0.15) is 41.2 Å². The number of nitrogens with zero attached hydrogens (tertiary/aromatic N) is 4. The molecule has 2 fully saturated rings. The van der Waals surface area contributed by atoms with Crippen molar-refractivity contribution >= 4 is 23.3 Å². The van der Waals surface area contributed by atoms with Crippen molar-refractivity contribution < 1.29 is 14.4 Å². The molecule has 0 aliphatic carbocycles. The molecule has 27 heavy (non-hydrogen) atoms. The van der Waals surface area contributed by atoms with E-state index < -0.39 is 5.41 Å². The third-order valence-corrected chi connectivity index (χ3v) is 5.78. The van der Waals surface area contributed by atoms with Crippen LogP contribution < -0.4 is 4.90 Å². The number of aromatic nitrogens is 3. The smallest absolute Gasteiger partial charge is 0.271 e. The lowest BCUT2D eigenvalue weighted by molar-refractivity contribution is -0.126. The summed E-state index contributed by atoms with van der Waals surface area (Å²) < 4.78 is 0. The first-order valence-corrected chi connectivity index (χ1v) is 9.00. The summed E-state index contributed by atoms with van der Waals surface area (Å²) in [5.74, 6) is -0.334. The largest absolute Gasteiger partial charge is 0.336 e. The number of carbonyl (C=O) groups excluding carboxylic acids is 3. The molecule has 0 bridgehead atoms. The maximum Gasteiger partial charge on any atom is 0.271 e. The fourth-order valence-electron chi connectivity index (χ4n) is 4.16. The quantitative estimate of drug-likeness (QED) is 0.829. The molecule has 2 saturated heterocycles. The molecule has 140 valence electrons. The first kappa shape index (κ1) is 17.4. The van der Waals surface area contributed by atoms with Crippen LogP contribution in [0.3, 0.4) is 0 Å². The SMILES string of the molecule is CC(=O)c1cc(C(=O)N2C[C@@H](C)[C@@]3(CCN(c4cccnc4)C3=O)C2)[nH]n1. The zero-order chi connectivity index (χ0) is 19.2. The fourth-order valence-corrected chi connectivity index (χ4v) is 4.16. The van der Waals surface area contributed by atoms with Crippen LogP contribution in [0.4, 0.5) is 5.69 Å². The Bertz CT molecular complexity index is 909. The van der Waals surface area contributed by atoms with Crippen LogP contribution in [0.2, 0.25) is 0 Å². The lowest BCUT2D eigenvalue weighted by Crippen LogP contribution is -2.40. The molecule has 2 aromatic heterocycles. The van der Waals surface area contributed by atoms with Crippen molar-refractivity contribution in [2.24, 2.45) is 11.3 Å². The standard InChI is InChI=1S/C19H21N5O3/c1-12-10-23(17(26)16-8-15(13(2)25)21-22-16)11-19(12)5-7-24(18(19)27)14-4-3-6-20-9-14/h3-4,6,8-9,12H,5,7,10-11H2,1-2H3,(H,21,22)/t12-,19-/m1/s1. The molecule has 2 amide bonds. The second kappa shape index (κ2) is 6.29. The fraction of sp³-hybridized carbons (Fsp3) is 0.421. The van der Waals surface area contributed by atoms with Crippen molar-refractivity contribution in [2.75, 3.05) is 24.5 Å². The van der Waals surface area contributed by atoms with Gasteiger partial charge < -0.3 is 9.80 Å². The summed E-state index contributed by atoms with van der Waals surface area (Å²) in [5, 5.41) is 6.52. The molecule has 2 aromatic rings. The summed E-state index contributed by atoms with van der Waals surface area (Å²) in [6.45, 7) is 4.92. The van der Waals surface area contributed by atoms with Crippen molar-refractivity contribution in [2.45, 2.75) is 20.3 Å². The molecular weight excluding hydrogens is 346 g/mol. The Labute approximate surface area is 156 Å². The van der Waals surface area contributed by atoms with Gasteiger partial charge in [-0.25, -0.2) is 0 Å². The van der Waals surface area contributed by atoms with Gasteiger partial charge in [-0.2, -0.15) is 5.10 Å². The van der Waals surface area contributed by atoms with Crippen LogP contribution in [-0.2, 0) is 4.79 Å². The second-order valence-electron chi connectivity index (χ2n) is 7.38. The Morgan fingerprint density at radius 1 is 1.37 bits per heavy atom. The summed E-state index contributed by atoms with van der Waals surface area (Å²) in [4.78, 5) is 45.0. The molecule has 4 heterocycles. The van der Waals surface area contributed by atoms with E-state index in [1.807, 2.05) is 19.1 Å². The monoisotopic (exact) mass is 367 g/mol. The molecule has 2 aliphatic heterocycles. The van der Waals surface area contributed by atoms with Gasteiger partial charge in [-0.05, 0) is 30.5 Å². The van der Waals surface area contributed by atoms with Crippen LogP contribution in [0, 0.1) is 11.3 Å². The van der Waals surface area contributed by atoms with Gasteiger partial charge in [0, 0.05) is 32.8 Å². The number of likely N-dealkylation sites (tertiary alicyclic amines) is 1. The zero-order valence-electron chi connectivity index (χ0n) is 15.3. The predicted molar refractivity (Wildman–Crippen MR) is 97.3 cm³/mol. The van der Waals surface area contributed by atoms with Crippen LogP contribution in [-0.4, -0.2) is 57.3 Å². The number of amides is 2. The van der Waals surface area contributed by atoms with E-state index in [0.717, 1.165) is 5.69 Å². The summed E-state index contributed by atoms with van der Waals surface area (Å²) in [5.41, 5.74) is 0.726. The maximum atomic E-state index is 13.2. The number of pyridine rings is 1. The Balaban J connectivity index is 1.55. The number of ketones is 1. The van der Waals surface area contributed by atoms with Gasteiger partial charge in [-0.15, -0.1) is 0 Å². The number of hydrogen-bond acceptors (Lipinski definition) is 5. The number of nitrogens with one attached hydrogen (secondary N) is 1. The van der Waals surface area contributed by atoms with E-state index in [9.17, 15) is 14.4 Å². The Morgan fingerprint density at radius 3 is 2.85 bits per heavy atom. The molecule has 0 radical (unpaired) electrons. The van der Waals surface area contributed by atoms with Crippen LogP contribution in [0.15, 0.2) is 30.6 Å². The number of aromatic amines is 1. The number of carbonyl (C=O) groups is 3. The van der Waals surface area contributed by atoms with E-state index in [0.29, 0.717) is 26.1 Å². The Hall–Kier alpha value is -3.03. The summed E-state index contributed by atoms with van der Waals surface area (Å²) in [6, 6.07) is 5.16. The van der Waals surface area contributed by atoms with E-state index in [-0.39, 0.29) is 34.9 Å². The van der Waals surface area contributed by atoms with Gasteiger partial charge in [-0.3, -0.25) is 24.5 Å². The first-order chi connectivity index (χ1) is 12.9. The molecule has 8 heteroatoms. The molecule has 0 saturated carbocycles. The molecule has 1 N–H and O–H groups in total. The number of rotatable bonds is 3. The highest BCUT2D eigenvalue weighted by Gasteiger charge is 2.56. The third-order valence-electron chi connectivity index (χ3n) is 5.78. The number of H-pyrrole nitrogens is 1. The predicted octanol–water partition coefficient (Wildman–Crippen LogP) is 1.52. The van der Waals surface area contributed by atoms with E-state index in [1.54, 1.807) is 22.2 Å². The van der Waals surface area contributed by atoms with Crippen molar-refractivity contribution in [3.63, 3.8) is 0 Å². The highest BCUT2D eigenvalue weighted by molar-refractivity contribution is 6.02. The Kier molecular flexibility index (Phi) is 4.05. The molecule has 0 aromatic carbocycles. The van der Waals surface area contributed by atoms with Crippen molar-refractivity contribution in [1.82, 2.24) is 20.1 Å². The minimum atomic E-state index is -0.574. The van der Waals surface area contributed by atoms with E-state index in [4.69, 9.17) is 0 Å². The van der Waals surface area contributed by atoms with Gasteiger partial charge >= 0.3 is 0 Å². The third kappa shape index (κ3) is 2.72. The molecule has 2 aliphatic rings. The second-order valence-corrected chi connectivity index (χ2v) is 7.38. The normalized spacial score (nSPS) is 24.8. The van der Waals surface area contributed by atoms with Crippen molar-refractivity contribution in [3.8, 4) is 0 Å². The van der Waals surface area contributed by atoms with Crippen LogP contribution in [0.5, 0.6) is 0 Å². The molecule has 4 rings (SSSR count). The van der Waals surface area contributed by atoms with Crippen LogP contribution in [0.25, 0.3) is 0 Å². The van der Waals surface area contributed by atoms with Gasteiger partial charge in [0.15, 0.2) is 5.78 Å². The van der Waals surface area contributed by atoms with Crippen LogP contribution >= 0.6 is 0 Å². The Morgan fingerprint density at radius 2 is 2.19 bits per heavy atom. The summed E-state index contributed by atoms with van der Waals surface area (Å²) >= 11 is 0. The number of hydrogen-bond donors (Lipinski definition) is 1. The van der Waals surface area contributed by atoms with Crippen molar-refractivity contribution in [3.05, 3.63) is 42.0 Å². The zero-order valence-corrected chi connectivity index (χ0v) is 15.3. The topological polar surface area (TPSA) is 99.3 Å². The molecular formula is C19H21N5O3. The van der Waals surface area contributed by atoms with Gasteiger partial charge in [0.25, 0.3) is 5.91 Å². The number of anilines is 1. The van der Waals surface area contributed by atoms with Gasteiger partial charge in [-0.1, -0.05) is 6.92 Å². The minimum Gasteiger partial charge on any atom is -0.336 e. The molecule has 0 unspecified atom stereocenters. The van der Waals surface area contributed by atoms with E-state index in [1.165, 1.54) is 13.0 Å². The summed E-state index contributed by atoms with van der Waals surface area (Å²) in [7, 11) is 0. The average molecular weight is 367 g/mol. The summed E-state index contributed by atoms with van der Waals surface area (Å²) in [6.07, 6.45) is 4.07. The first-order valence-electron chi connectivity index (χ1n) is 9.00. The minimum absolute atomic E-state index is 0.0471. The van der Waals surface area contributed by atoms with Gasteiger partial charge in [0.2, 0.25) is 5.91 Å². The van der Waals surface area contributed by atoms with Gasteiger partial charge in [0.05, 0.1) is 17.3 Å². The molecule has 2 atom stereocenters. The lowest BCUT2D eigenvalue weighted by atomic mass is 9.78. The van der Waals surface area contributed by atoms with E-state index >= 15 is 0 Å². The lowest BCUT2D eigenvalue weighted by Gasteiger charge is -2.26. The average Bonchev–Trinajstić information content (AvgIpc) is 3.36. The van der Waals surface area contributed by atoms with Crippen molar-refractivity contribution in [1.29, 1.82) is 0 Å². The van der Waals surface area contributed by atoms with E-state index in [2.05, 4.69) is 15.2 Å². The highest BCUT2D eigenvalue weighted by Crippen LogP contribution is 2.46. The molecule has 1 spiro atoms. The molecule has 8 nitrogen and oxygen atoms in total. The maximum absolute atomic E-state index is 13.2.